The van der Waals surface area contributed by atoms with Gasteiger partial charge in [-0.25, -0.2) is 8.42 Å². The molecule has 8 nitrogen and oxygen atoms in total. The Hall–Kier alpha value is -1.87. The Morgan fingerprint density at radius 3 is 2.25 bits per heavy atom. The van der Waals surface area contributed by atoms with E-state index in [0.29, 0.717) is 26.1 Å². The number of carbonyl (C=O) groups is 2. The fourth-order valence-corrected chi connectivity index (χ4v) is 4.28. The summed E-state index contributed by atoms with van der Waals surface area (Å²) in [4.78, 5) is 26.0. The highest BCUT2D eigenvalue weighted by Crippen LogP contribution is 2.19. The maximum absolute atomic E-state index is 12.7. The molecule has 9 heteroatoms. The van der Waals surface area contributed by atoms with Gasteiger partial charge in [0.25, 0.3) is 5.91 Å². The zero-order valence-electron chi connectivity index (χ0n) is 18.0. The molecule has 0 saturated heterocycles. The molecule has 0 N–H and O–H groups in total. The first-order chi connectivity index (χ1) is 12.8. The molecule has 0 saturated carbocycles. The second kappa shape index (κ2) is 9.56. The molecule has 0 aromatic carbocycles. The molecular formula is C19H33N3O5S. The van der Waals surface area contributed by atoms with Crippen LogP contribution in [0.25, 0.3) is 0 Å². The molecule has 0 atom stereocenters. The third-order valence-electron chi connectivity index (χ3n) is 4.18. The number of esters is 1. The van der Waals surface area contributed by atoms with Crippen LogP contribution in [-0.4, -0.2) is 66.3 Å². The number of nitrogens with zero attached hydrogens (tertiary/aromatic N) is 3. The van der Waals surface area contributed by atoms with Crippen LogP contribution >= 0.6 is 0 Å². The first-order valence-electron chi connectivity index (χ1n) is 9.47. The van der Waals surface area contributed by atoms with E-state index in [1.54, 1.807) is 48.7 Å². The molecule has 1 aromatic rings. The van der Waals surface area contributed by atoms with Crippen molar-refractivity contribution in [2.45, 2.75) is 58.0 Å². The van der Waals surface area contributed by atoms with E-state index >= 15 is 0 Å². The van der Waals surface area contributed by atoms with Crippen molar-refractivity contribution in [2.24, 2.45) is 7.05 Å². The lowest BCUT2D eigenvalue weighted by Crippen LogP contribution is -2.30. The van der Waals surface area contributed by atoms with Gasteiger partial charge >= 0.3 is 5.97 Å². The minimum Gasteiger partial charge on any atom is -0.460 e. The van der Waals surface area contributed by atoms with Crippen molar-refractivity contribution in [1.82, 2.24) is 13.8 Å². The van der Waals surface area contributed by atoms with E-state index in [-0.39, 0.29) is 28.9 Å². The van der Waals surface area contributed by atoms with Crippen molar-refractivity contribution in [3.05, 3.63) is 18.0 Å². The Labute approximate surface area is 168 Å². The van der Waals surface area contributed by atoms with Gasteiger partial charge in [0.05, 0.1) is 0 Å². The average Bonchev–Trinajstić information content (AvgIpc) is 2.95. The quantitative estimate of drug-likeness (QED) is 0.577. The van der Waals surface area contributed by atoms with Crippen molar-refractivity contribution in [1.29, 1.82) is 0 Å². The normalized spacial score (nSPS) is 12.3. The number of rotatable bonds is 9. The molecule has 160 valence electrons. The van der Waals surface area contributed by atoms with Crippen LogP contribution in [0.1, 0.15) is 57.9 Å². The van der Waals surface area contributed by atoms with Crippen LogP contribution in [0.2, 0.25) is 0 Å². The number of aryl methyl sites for hydroxylation is 1. The molecule has 0 aliphatic carbocycles. The highest BCUT2D eigenvalue weighted by molar-refractivity contribution is 7.89. The van der Waals surface area contributed by atoms with Gasteiger partial charge in [-0.15, -0.1) is 0 Å². The zero-order valence-corrected chi connectivity index (χ0v) is 18.8. The number of sulfonamides is 1. The predicted molar refractivity (Wildman–Crippen MR) is 108 cm³/mol. The van der Waals surface area contributed by atoms with Crippen LogP contribution in [0.4, 0.5) is 0 Å². The largest absolute Gasteiger partial charge is 0.460 e. The molecule has 1 heterocycles. The minimum absolute atomic E-state index is 0.101. The number of aromatic nitrogens is 1. The summed E-state index contributed by atoms with van der Waals surface area (Å²) in [7, 11) is -0.357. The predicted octanol–water partition coefficient (Wildman–Crippen LogP) is 2.25. The first kappa shape index (κ1) is 24.2. The number of amides is 1. The second-order valence-electron chi connectivity index (χ2n) is 7.68. The second-order valence-corrected chi connectivity index (χ2v) is 9.62. The molecule has 0 aliphatic rings. The lowest BCUT2D eigenvalue weighted by atomic mass is 10.2. The average molecular weight is 416 g/mol. The van der Waals surface area contributed by atoms with Gasteiger partial charge in [-0.3, -0.25) is 9.59 Å². The summed E-state index contributed by atoms with van der Waals surface area (Å²) in [6.45, 7) is 10.0. The van der Waals surface area contributed by atoms with Crippen LogP contribution in [-0.2, 0) is 26.6 Å². The number of hydrogen-bond donors (Lipinski definition) is 0. The standard InChI is InChI=1S/C19H33N3O5S/c1-8-22(9-2)28(25,26)15-13-16(21(7)14-15)18(24)20(6)12-10-11-17(23)27-19(3,4)5/h13-14H,8-12H2,1-7H3. The summed E-state index contributed by atoms with van der Waals surface area (Å²) in [6.07, 6.45) is 2.13. The van der Waals surface area contributed by atoms with Gasteiger partial charge in [0.1, 0.15) is 16.2 Å². The van der Waals surface area contributed by atoms with E-state index in [1.807, 2.05) is 0 Å². The monoisotopic (exact) mass is 415 g/mol. The van der Waals surface area contributed by atoms with Crippen molar-refractivity contribution in [2.75, 3.05) is 26.7 Å². The summed E-state index contributed by atoms with van der Waals surface area (Å²) in [5.41, 5.74) is -0.250. The Morgan fingerprint density at radius 1 is 1.18 bits per heavy atom. The molecule has 28 heavy (non-hydrogen) atoms. The summed E-state index contributed by atoms with van der Waals surface area (Å²) in [5.74, 6) is -0.604. The van der Waals surface area contributed by atoms with E-state index in [4.69, 9.17) is 4.74 Å². The van der Waals surface area contributed by atoms with Crippen LogP contribution < -0.4 is 0 Å². The Morgan fingerprint density at radius 2 is 1.75 bits per heavy atom. The fraction of sp³-hybridized carbons (Fsp3) is 0.684. The summed E-state index contributed by atoms with van der Waals surface area (Å²) >= 11 is 0. The van der Waals surface area contributed by atoms with Crippen LogP contribution in [0.3, 0.4) is 0 Å². The maximum atomic E-state index is 12.7. The van der Waals surface area contributed by atoms with Gasteiger partial charge in [0.2, 0.25) is 10.0 Å². The van der Waals surface area contributed by atoms with Gasteiger partial charge in [-0.2, -0.15) is 4.31 Å². The van der Waals surface area contributed by atoms with Gasteiger partial charge in [0.15, 0.2) is 0 Å². The highest BCUT2D eigenvalue weighted by Gasteiger charge is 2.26. The maximum Gasteiger partial charge on any atom is 0.306 e. The van der Waals surface area contributed by atoms with Crippen LogP contribution in [0.15, 0.2) is 17.2 Å². The SMILES string of the molecule is CCN(CC)S(=O)(=O)c1cc(C(=O)N(C)CCCC(=O)OC(C)(C)C)n(C)c1. The molecule has 0 aliphatic heterocycles. The number of hydrogen-bond acceptors (Lipinski definition) is 5. The molecule has 1 aromatic heterocycles. The minimum atomic E-state index is -3.63. The topological polar surface area (TPSA) is 88.9 Å². The highest BCUT2D eigenvalue weighted by atomic mass is 32.2. The summed E-state index contributed by atoms with van der Waals surface area (Å²) < 4.78 is 33.4. The van der Waals surface area contributed by atoms with E-state index < -0.39 is 15.6 Å². The van der Waals surface area contributed by atoms with Gasteiger partial charge in [-0.05, 0) is 33.3 Å². The summed E-state index contributed by atoms with van der Waals surface area (Å²) in [5, 5.41) is 0. The number of carbonyl (C=O) groups excluding carboxylic acids is 2. The molecule has 1 amide bonds. The summed E-state index contributed by atoms with van der Waals surface area (Å²) in [6, 6.07) is 1.40. The van der Waals surface area contributed by atoms with Crippen LogP contribution in [0, 0.1) is 0 Å². The molecule has 0 fully saturated rings. The smallest absolute Gasteiger partial charge is 0.306 e. The van der Waals surface area contributed by atoms with Crippen molar-refractivity contribution in [3.8, 4) is 0 Å². The third-order valence-corrected chi connectivity index (χ3v) is 6.20. The number of ether oxygens (including phenoxy) is 1. The van der Waals surface area contributed by atoms with Crippen molar-refractivity contribution < 1.29 is 22.7 Å². The first-order valence-corrected chi connectivity index (χ1v) is 10.9. The van der Waals surface area contributed by atoms with Gasteiger partial charge in [0, 0.05) is 46.3 Å². The molecule has 0 bridgehead atoms. The van der Waals surface area contributed by atoms with E-state index in [0.717, 1.165) is 0 Å². The van der Waals surface area contributed by atoms with Gasteiger partial charge in [-0.1, -0.05) is 13.8 Å². The molecule has 0 radical (unpaired) electrons. The molecule has 1 rings (SSSR count). The molecule has 0 unspecified atom stereocenters. The fourth-order valence-electron chi connectivity index (χ4n) is 2.75. The van der Waals surface area contributed by atoms with E-state index in [9.17, 15) is 18.0 Å². The van der Waals surface area contributed by atoms with E-state index in [2.05, 4.69) is 0 Å². The van der Waals surface area contributed by atoms with Crippen molar-refractivity contribution >= 4 is 21.9 Å². The Bertz CT molecular complexity index is 789. The Kier molecular flexibility index (Phi) is 8.25. The third kappa shape index (κ3) is 6.34. The molecular weight excluding hydrogens is 382 g/mol. The zero-order chi connectivity index (χ0) is 21.7. The Balaban J connectivity index is 2.79. The van der Waals surface area contributed by atoms with E-state index in [1.165, 1.54) is 26.0 Å². The van der Waals surface area contributed by atoms with Crippen LogP contribution in [0.5, 0.6) is 0 Å². The lowest BCUT2D eigenvalue weighted by Gasteiger charge is -2.20. The van der Waals surface area contributed by atoms with Gasteiger partial charge < -0.3 is 14.2 Å². The lowest BCUT2D eigenvalue weighted by molar-refractivity contribution is -0.154. The van der Waals surface area contributed by atoms with Crippen molar-refractivity contribution in [3.63, 3.8) is 0 Å². The molecule has 0 spiro atoms.